The average molecular weight is 407 g/mol. The van der Waals surface area contributed by atoms with Crippen LogP contribution in [0.25, 0.3) is 0 Å². The van der Waals surface area contributed by atoms with E-state index in [4.69, 9.17) is 15.3 Å². The summed E-state index contributed by atoms with van der Waals surface area (Å²) in [5.41, 5.74) is 5.87. The number of ether oxygens (including phenoxy) is 1. The van der Waals surface area contributed by atoms with Gasteiger partial charge in [0.2, 0.25) is 0 Å². The number of benzene rings is 2. The summed E-state index contributed by atoms with van der Waals surface area (Å²) >= 11 is 0. The number of hydrogen-bond donors (Lipinski definition) is 1. The number of carbonyl (C=O) groups is 2. The molecule has 2 aromatic rings. The van der Waals surface area contributed by atoms with Gasteiger partial charge in [-0.25, -0.2) is 0 Å². The van der Waals surface area contributed by atoms with Crippen molar-refractivity contribution in [3.8, 4) is 5.75 Å². The van der Waals surface area contributed by atoms with E-state index < -0.39 is 23.4 Å². The second-order valence-electron chi connectivity index (χ2n) is 6.15. The molecule has 1 amide bonds. The van der Waals surface area contributed by atoms with Crippen LogP contribution < -0.4 is 15.4 Å². The van der Waals surface area contributed by atoms with Crippen LogP contribution in [0.15, 0.2) is 47.6 Å². The molecule has 1 heterocycles. The predicted molar refractivity (Wildman–Crippen MR) is 98.9 cm³/mol. The SMILES string of the molecule is CON=C(COc1cccc(C(F)(F)F)c1)CN1C(=O)C(=O)c2cc(N)ccc21. The zero-order chi connectivity index (χ0) is 21.2. The van der Waals surface area contributed by atoms with Gasteiger partial charge in [0, 0.05) is 5.69 Å². The van der Waals surface area contributed by atoms with E-state index in [-0.39, 0.29) is 30.2 Å². The molecule has 0 radical (unpaired) electrons. The molecule has 0 aliphatic carbocycles. The number of halogens is 3. The van der Waals surface area contributed by atoms with Crippen molar-refractivity contribution in [2.24, 2.45) is 5.16 Å². The molecule has 0 atom stereocenters. The highest BCUT2D eigenvalue weighted by Crippen LogP contribution is 2.32. The lowest BCUT2D eigenvalue weighted by Crippen LogP contribution is -2.36. The minimum Gasteiger partial charge on any atom is -0.487 e. The number of oxime groups is 1. The molecule has 0 spiro atoms. The van der Waals surface area contributed by atoms with E-state index >= 15 is 0 Å². The summed E-state index contributed by atoms with van der Waals surface area (Å²) in [4.78, 5) is 30.4. The maximum atomic E-state index is 12.8. The number of fused-ring (bicyclic) bond motifs is 1. The van der Waals surface area contributed by atoms with Gasteiger partial charge in [0.15, 0.2) is 0 Å². The van der Waals surface area contributed by atoms with Crippen LogP contribution in [0.4, 0.5) is 24.5 Å². The maximum absolute atomic E-state index is 12.8. The van der Waals surface area contributed by atoms with Crippen molar-refractivity contribution in [3.63, 3.8) is 0 Å². The molecule has 0 aromatic heterocycles. The molecule has 0 unspecified atom stereocenters. The normalized spacial score (nSPS) is 14.2. The van der Waals surface area contributed by atoms with E-state index in [0.717, 1.165) is 12.1 Å². The molecule has 3 rings (SSSR count). The van der Waals surface area contributed by atoms with Gasteiger partial charge in [-0.2, -0.15) is 13.2 Å². The summed E-state index contributed by atoms with van der Waals surface area (Å²) in [5, 5.41) is 3.76. The zero-order valence-corrected chi connectivity index (χ0v) is 15.2. The lowest BCUT2D eigenvalue weighted by molar-refractivity contribution is -0.137. The molecule has 1 aliphatic heterocycles. The van der Waals surface area contributed by atoms with E-state index in [1.54, 1.807) is 6.07 Å². The Morgan fingerprint density at radius 3 is 2.62 bits per heavy atom. The highest BCUT2D eigenvalue weighted by molar-refractivity contribution is 6.52. The van der Waals surface area contributed by atoms with Gasteiger partial charge in [0.05, 0.1) is 23.4 Å². The third kappa shape index (κ3) is 4.31. The number of ketones is 1. The Hall–Kier alpha value is -3.56. The zero-order valence-electron chi connectivity index (χ0n) is 15.2. The van der Waals surface area contributed by atoms with Gasteiger partial charge in [0.25, 0.3) is 11.7 Å². The van der Waals surface area contributed by atoms with Crippen molar-refractivity contribution in [2.45, 2.75) is 6.18 Å². The van der Waals surface area contributed by atoms with Crippen molar-refractivity contribution in [2.75, 3.05) is 30.9 Å². The molecule has 29 heavy (non-hydrogen) atoms. The quantitative estimate of drug-likeness (QED) is 0.344. The average Bonchev–Trinajstić information content (AvgIpc) is 2.90. The summed E-state index contributed by atoms with van der Waals surface area (Å²) in [7, 11) is 1.27. The number of hydrogen-bond acceptors (Lipinski definition) is 6. The van der Waals surface area contributed by atoms with Crippen molar-refractivity contribution >= 4 is 28.8 Å². The summed E-state index contributed by atoms with van der Waals surface area (Å²) < 4.78 is 43.9. The van der Waals surface area contributed by atoms with Gasteiger partial charge in [-0.15, -0.1) is 0 Å². The first-order valence-electron chi connectivity index (χ1n) is 8.35. The van der Waals surface area contributed by atoms with E-state index in [0.29, 0.717) is 11.4 Å². The Morgan fingerprint density at radius 2 is 1.93 bits per heavy atom. The van der Waals surface area contributed by atoms with Crippen LogP contribution in [0.1, 0.15) is 15.9 Å². The van der Waals surface area contributed by atoms with Gasteiger partial charge < -0.3 is 15.3 Å². The first-order chi connectivity index (χ1) is 13.7. The number of nitrogens with zero attached hydrogens (tertiary/aromatic N) is 2. The first-order valence-corrected chi connectivity index (χ1v) is 8.35. The Bertz CT molecular complexity index is 989. The molecule has 0 saturated carbocycles. The van der Waals surface area contributed by atoms with Crippen LogP contribution in [0.5, 0.6) is 5.75 Å². The summed E-state index contributed by atoms with van der Waals surface area (Å²) in [6.45, 7) is -0.397. The Morgan fingerprint density at radius 1 is 1.17 bits per heavy atom. The standard InChI is InChI=1S/C19H16F3N3O4/c1-28-24-13(10-29-14-4-2-3-11(7-14)19(20,21)22)9-25-16-6-5-12(23)8-15(16)17(26)18(25)27/h2-8H,9-10,23H2,1H3. The summed E-state index contributed by atoms with van der Waals surface area (Å²) in [6.07, 6.45) is -4.50. The van der Waals surface area contributed by atoms with Gasteiger partial charge in [0.1, 0.15) is 25.2 Å². The number of alkyl halides is 3. The largest absolute Gasteiger partial charge is 0.487 e. The highest BCUT2D eigenvalue weighted by Gasteiger charge is 2.36. The van der Waals surface area contributed by atoms with Gasteiger partial charge in [-0.05, 0) is 36.4 Å². The maximum Gasteiger partial charge on any atom is 0.416 e. The Kier molecular flexibility index (Phi) is 5.44. The third-order valence-corrected chi connectivity index (χ3v) is 4.12. The fourth-order valence-electron chi connectivity index (χ4n) is 2.82. The first kappa shape index (κ1) is 20.2. The number of Topliss-reactive ketones (excluding diaryl/α,β-unsaturated/α-hetero) is 1. The highest BCUT2D eigenvalue weighted by atomic mass is 19.4. The van der Waals surface area contributed by atoms with Crippen molar-refractivity contribution < 1.29 is 32.3 Å². The minimum absolute atomic E-state index is 0.0272. The molecular weight excluding hydrogens is 391 g/mol. The smallest absolute Gasteiger partial charge is 0.416 e. The van der Waals surface area contributed by atoms with Crippen LogP contribution in [0, 0.1) is 0 Å². The molecule has 0 saturated heterocycles. The molecule has 7 nitrogen and oxygen atoms in total. The monoisotopic (exact) mass is 407 g/mol. The molecular formula is C19H16F3N3O4. The van der Waals surface area contributed by atoms with Crippen molar-refractivity contribution in [1.82, 2.24) is 0 Å². The number of rotatable bonds is 6. The number of amides is 1. The second kappa shape index (κ2) is 7.82. The molecule has 0 bridgehead atoms. The van der Waals surface area contributed by atoms with Crippen molar-refractivity contribution in [1.29, 1.82) is 0 Å². The molecule has 1 aliphatic rings. The molecule has 10 heteroatoms. The van der Waals surface area contributed by atoms with E-state index in [9.17, 15) is 22.8 Å². The lowest BCUT2D eigenvalue weighted by atomic mass is 10.1. The Labute approximate surface area is 163 Å². The molecule has 0 fully saturated rings. The third-order valence-electron chi connectivity index (χ3n) is 4.12. The van der Waals surface area contributed by atoms with E-state index in [2.05, 4.69) is 5.16 Å². The number of nitrogen functional groups attached to an aromatic ring is 1. The van der Waals surface area contributed by atoms with Crippen LogP contribution >= 0.6 is 0 Å². The van der Waals surface area contributed by atoms with Crippen LogP contribution in [-0.4, -0.2) is 37.7 Å². The van der Waals surface area contributed by atoms with Crippen LogP contribution in [-0.2, 0) is 15.8 Å². The van der Waals surface area contributed by atoms with Gasteiger partial charge >= 0.3 is 6.18 Å². The summed E-state index contributed by atoms with van der Waals surface area (Å²) in [5.74, 6) is -1.50. The number of anilines is 2. The minimum atomic E-state index is -4.50. The summed E-state index contributed by atoms with van der Waals surface area (Å²) in [6, 6.07) is 8.84. The van der Waals surface area contributed by atoms with Crippen molar-refractivity contribution in [3.05, 3.63) is 53.6 Å². The number of carbonyl (C=O) groups excluding carboxylic acids is 2. The van der Waals surface area contributed by atoms with E-state index in [1.165, 1.54) is 36.3 Å². The molecule has 152 valence electrons. The van der Waals surface area contributed by atoms with Gasteiger partial charge in [-0.1, -0.05) is 11.2 Å². The van der Waals surface area contributed by atoms with Crippen LogP contribution in [0.3, 0.4) is 0 Å². The van der Waals surface area contributed by atoms with Crippen LogP contribution in [0.2, 0.25) is 0 Å². The Balaban J connectivity index is 1.76. The number of nitrogens with two attached hydrogens (primary N) is 1. The van der Waals surface area contributed by atoms with E-state index in [1.807, 2.05) is 0 Å². The van der Waals surface area contributed by atoms with Gasteiger partial charge in [-0.3, -0.25) is 14.5 Å². The fraction of sp³-hybridized carbons (Fsp3) is 0.211. The topological polar surface area (TPSA) is 94.2 Å². The molecule has 2 aromatic carbocycles. The fourth-order valence-corrected chi connectivity index (χ4v) is 2.82. The predicted octanol–water partition coefficient (Wildman–Crippen LogP) is 2.90. The lowest BCUT2D eigenvalue weighted by Gasteiger charge is -2.18. The molecule has 2 N–H and O–H groups in total. The second-order valence-corrected chi connectivity index (χ2v) is 6.15.